The van der Waals surface area contributed by atoms with Gasteiger partial charge in [-0.25, -0.2) is 0 Å². The molecule has 26 heavy (non-hydrogen) atoms. The average Bonchev–Trinajstić information content (AvgIpc) is 2.63. The summed E-state index contributed by atoms with van der Waals surface area (Å²) in [5.41, 5.74) is 4.31. The van der Waals surface area contributed by atoms with Crippen molar-refractivity contribution in [3.05, 3.63) is 59.8 Å². The second-order valence-electron chi connectivity index (χ2n) is 6.34. The van der Waals surface area contributed by atoms with Crippen LogP contribution in [0.4, 0.5) is 23.1 Å². The molecule has 2 N–H and O–H groups in total. The molecule has 1 aromatic heterocycles. The predicted octanol–water partition coefficient (Wildman–Crippen LogP) is 4.80. The fraction of sp³-hybridized carbons (Fsp3) is 0.250. The first-order valence-electron chi connectivity index (χ1n) is 8.54. The Kier molecular flexibility index (Phi) is 5.31. The lowest BCUT2D eigenvalue weighted by atomic mass is 9.98. The van der Waals surface area contributed by atoms with E-state index in [0.29, 0.717) is 17.7 Å². The molecule has 0 bridgehead atoms. The van der Waals surface area contributed by atoms with Crippen LogP contribution < -0.4 is 15.4 Å². The van der Waals surface area contributed by atoms with Crippen LogP contribution in [0.2, 0.25) is 0 Å². The highest BCUT2D eigenvalue weighted by atomic mass is 16.5. The van der Waals surface area contributed by atoms with E-state index in [2.05, 4.69) is 64.8 Å². The van der Waals surface area contributed by atoms with Crippen LogP contribution in [0.1, 0.15) is 30.9 Å². The summed E-state index contributed by atoms with van der Waals surface area (Å²) in [6.45, 7) is 6.43. The van der Waals surface area contributed by atoms with Gasteiger partial charge in [-0.3, -0.25) is 0 Å². The fourth-order valence-electron chi connectivity index (χ4n) is 2.72. The highest BCUT2D eigenvalue weighted by molar-refractivity contribution is 5.66. The number of hydrogen-bond acceptors (Lipinski definition) is 6. The number of nitrogens with zero attached hydrogens (tertiary/aromatic N) is 3. The zero-order valence-corrected chi connectivity index (χ0v) is 15.4. The molecular weight excluding hydrogens is 326 g/mol. The Morgan fingerprint density at radius 2 is 1.85 bits per heavy atom. The summed E-state index contributed by atoms with van der Waals surface area (Å²) in [6.07, 6.45) is 1.62. The number of nitrogens with one attached hydrogen (secondary N) is 2. The molecule has 0 aliphatic carbocycles. The lowest BCUT2D eigenvalue weighted by Gasteiger charge is -2.17. The number of methoxy groups -OCH3 is 1. The topological polar surface area (TPSA) is 72.0 Å². The van der Waals surface area contributed by atoms with E-state index in [1.54, 1.807) is 13.3 Å². The van der Waals surface area contributed by atoms with Crippen molar-refractivity contribution in [2.75, 3.05) is 17.7 Å². The van der Waals surface area contributed by atoms with E-state index < -0.39 is 0 Å². The lowest BCUT2D eigenvalue weighted by molar-refractivity contribution is 0.415. The molecule has 6 heteroatoms. The van der Waals surface area contributed by atoms with Crippen LogP contribution in [0.25, 0.3) is 0 Å². The largest absolute Gasteiger partial charge is 0.497 e. The van der Waals surface area contributed by atoms with Gasteiger partial charge in [0, 0.05) is 17.4 Å². The van der Waals surface area contributed by atoms with Gasteiger partial charge >= 0.3 is 0 Å². The molecule has 0 fully saturated rings. The number of para-hydroxylation sites is 1. The van der Waals surface area contributed by atoms with Crippen LogP contribution >= 0.6 is 0 Å². The minimum absolute atomic E-state index is 0.404. The Balaban J connectivity index is 1.84. The molecule has 0 aliphatic heterocycles. The Labute approximate surface area is 153 Å². The molecule has 2 aromatic carbocycles. The number of aryl methyl sites for hydroxylation is 1. The monoisotopic (exact) mass is 349 g/mol. The molecule has 1 heterocycles. The molecule has 0 radical (unpaired) electrons. The Bertz CT molecular complexity index is 895. The smallest absolute Gasteiger partial charge is 0.249 e. The maximum atomic E-state index is 5.24. The van der Waals surface area contributed by atoms with E-state index in [4.69, 9.17) is 4.74 Å². The highest BCUT2D eigenvalue weighted by Crippen LogP contribution is 2.29. The molecule has 0 spiro atoms. The molecule has 0 aliphatic rings. The molecule has 3 aromatic rings. The standard InChI is InChI=1S/C20H23N5O/c1-13(2)17-10-5-7-14(3)19(17)23-18-12-21-25-20(24-18)22-15-8-6-9-16(11-15)26-4/h5-13H,1-4H3,(H2,22,23,24,25). The van der Waals surface area contributed by atoms with Crippen molar-refractivity contribution in [3.63, 3.8) is 0 Å². The lowest BCUT2D eigenvalue weighted by Crippen LogP contribution is -2.05. The molecule has 6 nitrogen and oxygen atoms in total. The van der Waals surface area contributed by atoms with Crippen LogP contribution in [-0.4, -0.2) is 22.3 Å². The first kappa shape index (κ1) is 17.7. The van der Waals surface area contributed by atoms with E-state index in [1.165, 1.54) is 5.56 Å². The third-order valence-electron chi connectivity index (χ3n) is 4.06. The van der Waals surface area contributed by atoms with Crippen molar-refractivity contribution < 1.29 is 4.74 Å². The van der Waals surface area contributed by atoms with Crippen molar-refractivity contribution in [1.29, 1.82) is 0 Å². The number of aromatic nitrogens is 3. The number of rotatable bonds is 6. The molecular formula is C20H23N5O. The first-order valence-corrected chi connectivity index (χ1v) is 8.54. The molecule has 0 amide bonds. The summed E-state index contributed by atoms with van der Waals surface area (Å²) in [7, 11) is 1.64. The number of benzene rings is 2. The van der Waals surface area contributed by atoms with Gasteiger partial charge in [-0.1, -0.05) is 38.1 Å². The minimum atomic E-state index is 0.404. The van der Waals surface area contributed by atoms with E-state index in [-0.39, 0.29) is 0 Å². The Morgan fingerprint density at radius 3 is 2.62 bits per heavy atom. The van der Waals surface area contributed by atoms with Crippen LogP contribution in [0.5, 0.6) is 5.75 Å². The SMILES string of the molecule is COc1cccc(Nc2nncc(Nc3c(C)cccc3C(C)C)n2)c1. The van der Waals surface area contributed by atoms with Crippen molar-refractivity contribution in [3.8, 4) is 5.75 Å². The van der Waals surface area contributed by atoms with Crippen molar-refractivity contribution in [2.45, 2.75) is 26.7 Å². The molecule has 0 atom stereocenters. The number of ether oxygens (including phenoxy) is 1. The summed E-state index contributed by atoms with van der Waals surface area (Å²) in [5.74, 6) is 2.23. The molecule has 0 saturated heterocycles. The van der Waals surface area contributed by atoms with Crippen LogP contribution in [0, 0.1) is 6.92 Å². The quantitative estimate of drug-likeness (QED) is 0.666. The van der Waals surface area contributed by atoms with Gasteiger partial charge in [-0.15, -0.1) is 5.10 Å². The van der Waals surface area contributed by atoms with Crippen LogP contribution in [0.15, 0.2) is 48.7 Å². The number of hydrogen-bond donors (Lipinski definition) is 2. The highest BCUT2D eigenvalue weighted by Gasteiger charge is 2.11. The summed E-state index contributed by atoms with van der Waals surface area (Å²) < 4.78 is 5.24. The molecule has 0 saturated carbocycles. The van der Waals surface area contributed by atoms with Gasteiger partial charge in [0.25, 0.3) is 0 Å². The van der Waals surface area contributed by atoms with E-state index in [9.17, 15) is 0 Å². The summed E-state index contributed by atoms with van der Waals surface area (Å²) in [6, 6.07) is 13.9. The minimum Gasteiger partial charge on any atom is -0.497 e. The molecule has 3 rings (SSSR count). The van der Waals surface area contributed by atoms with E-state index in [1.807, 2.05) is 24.3 Å². The van der Waals surface area contributed by atoms with Crippen molar-refractivity contribution in [2.24, 2.45) is 0 Å². The van der Waals surface area contributed by atoms with Crippen LogP contribution in [-0.2, 0) is 0 Å². The Morgan fingerprint density at radius 1 is 1.04 bits per heavy atom. The number of anilines is 4. The zero-order chi connectivity index (χ0) is 18.5. The summed E-state index contributed by atoms with van der Waals surface area (Å²) >= 11 is 0. The first-order chi connectivity index (χ1) is 12.6. The maximum absolute atomic E-state index is 5.24. The van der Waals surface area contributed by atoms with Gasteiger partial charge in [0.2, 0.25) is 5.95 Å². The van der Waals surface area contributed by atoms with E-state index >= 15 is 0 Å². The zero-order valence-electron chi connectivity index (χ0n) is 15.4. The third kappa shape index (κ3) is 4.08. The summed E-state index contributed by atoms with van der Waals surface area (Å²) in [4.78, 5) is 4.52. The maximum Gasteiger partial charge on any atom is 0.249 e. The third-order valence-corrected chi connectivity index (χ3v) is 4.06. The average molecular weight is 349 g/mol. The normalized spacial score (nSPS) is 10.7. The van der Waals surface area contributed by atoms with Gasteiger partial charge in [0.05, 0.1) is 13.3 Å². The van der Waals surface area contributed by atoms with Crippen molar-refractivity contribution >= 4 is 23.1 Å². The van der Waals surface area contributed by atoms with Gasteiger partial charge in [-0.2, -0.15) is 10.1 Å². The Hall–Kier alpha value is -3.15. The van der Waals surface area contributed by atoms with Gasteiger partial charge in [-0.05, 0) is 36.1 Å². The fourth-order valence-corrected chi connectivity index (χ4v) is 2.72. The predicted molar refractivity (Wildman–Crippen MR) is 105 cm³/mol. The second-order valence-corrected chi connectivity index (χ2v) is 6.34. The second kappa shape index (κ2) is 7.82. The summed E-state index contributed by atoms with van der Waals surface area (Å²) in [5, 5.41) is 14.7. The van der Waals surface area contributed by atoms with Gasteiger partial charge < -0.3 is 15.4 Å². The van der Waals surface area contributed by atoms with E-state index in [0.717, 1.165) is 22.7 Å². The molecule has 0 unspecified atom stereocenters. The van der Waals surface area contributed by atoms with Gasteiger partial charge in [0.15, 0.2) is 5.82 Å². The van der Waals surface area contributed by atoms with Crippen LogP contribution in [0.3, 0.4) is 0 Å². The molecule has 134 valence electrons. The van der Waals surface area contributed by atoms with Crippen molar-refractivity contribution in [1.82, 2.24) is 15.2 Å². The van der Waals surface area contributed by atoms with Gasteiger partial charge in [0.1, 0.15) is 5.75 Å².